The molecule has 2 heterocycles. The van der Waals surface area contributed by atoms with E-state index in [1.165, 1.54) is 24.3 Å². The van der Waals surface area contributed by atoms with Crippen molar-refractivity contribution in [1.29, 1.82) is 0 Å². The highest BCUT2D eigenvalue weighted by atomic mass is 19.1. The Morgan fingerprint density at radius 2 is 0.846 bits per heavy atom. The lowest BCUT2D eigenvalue weighted by molar-refractivity contribution is 0.627. The molecule has 2 aromatic carbocycles. The Labute approximate surface area is 149 Å². The number of benzene rings is 2. The van der Waals surface area contributed by atoms with Gasteiger partial charge < -0.3 is 0 Å². The van der Waals surface area contributed by atoms with Crippen LogP contribution in [-0.2, 0) is 0 Å². The minimum atomic E-state index is -0.267. The average molecular weight is 344 g/mol. The van der Waals surface area contributed by atoms with E-state index in [-0.39, 0.29) is 11.6 Å². The Kier molecular flexibility index (Phi) is 4.23. The molecule has 4 rings (SSSR count). The molecule has 0 saturated heterocycles. The monoisotopic (exact) mass is 344 g/mol. The van der Waals surface area contributed by atoms with Gasteiger partial charge in [-0.2, -0.15) is 0 Å². The van der Waals surface area contributed by atoms with Crippen LogP contribution >= 0.6 is 0 Å². The lowest BCUT2D eigenvalue weighted by Crippen LogP contribution is -1.90. The van der Waals surface area contributed by atoms with Gasteiger partial charge in [0, 0.05) is 12.4 Å². The third kappa shape index (κ3) is 3.35. The topological polar surface area (TPSA) is 25.8 Å². The predicted molar refractivity (Wildman–Crippen MR) is 98.3 cm³/mol. The van der Waals surface area contributed by atoms with Gasteiger partial charge in [-0.25, -0.2) is 8.78 Å². The molecule has 0 aliphatic heterocycles. The van der Waals surface area contributed by atoms with E-state index in [4.69, 9.17) is 0 Å². The second-order valence-electron chi connectivity index (χ2n) is 5.87. The molecule has 0 fully saturated rings. The Morgan fingerprint density at radius 1 is 0.462 bits per heavy atom. The quantitative estimate of drug-likeness (QED) is 0.472. The zero-order valence-corrected chi connectivity index (χ0v) is 13.7. The van der Waals surface area contributed by atoms with Gasteiger partial charge in [-0.15, -0.1) is 0 Å². The zero-order chi connectivity index (χ0) is 17.9. The predicted octanol–water partition coefficient (Wildman–Crippen LogP) is 5.76. The summed E-state index contributed by atoms with van der Waals surface area (Å²) in [6.07, 6.45) is 3.42. The molecule has 2 aromatic heterocycles. The molecule has 0 spiro atoms. The van der Waals surface area contributed by atoms with Crippen molar-refractivity contribution < 1.29 is 8.78 Å². The van der Waals surface area contributed by atoms with Gasteiger partial charge in [0.1, 0.15) is 11.6 Å². The molecule has 0 aliphatic rings. The lowest BCUT2D eigenvalue weighted by atomic mass is 10.0. The summed E-state index contributed by atoms with van der Waals surface area (Å²) in [6.45, 7) is 0. The van der Waals surface area contributed by atoms with Gasteiger partial charge in [0.05, 0.1) is 11.4 Å². The molecule has 0 unspecified atom stereocenters. The van der Waals surface area contributed by atoms with Crippen molar-refractivity contribution in [3.05, 3.63) is 96.8 Å². The number of hydrogen-bond donors (Lipinski definition) is 0. The van der Waals surface area contributed by atoms with E-state index in [0.29, 0.717) is 0 Å². The molecular formula is C22H14F2N2. The standard InChI is InChI=1S/C22H14F2N2/c23-19-5-1-15(2-6-19)17-9-11-25-21(13-17)22-14-18(10-12-26-22)16-3-7-20(24)8-4-16/h1-14H. The first kappa shape index (κ1) is 16.1. The van der Waals surface area contributed by atoms with Crippen LogP contribution in [0.1, 0.15) is 0 Å². The SMILES string of the molecule is Fc1ccc(-c2ccnc(-c3cc(-c4ccc(F)cc4)ccn3)c2)cc1. The van der Waals surface area contributed by atoms with Crippen LogP contribution in [0.5, 0.6) is 0 Å². The average Bonchev–Trinajstić information content (AvgIpc) is 2.69. The van der Waals surface area contributed by atoms with E-state index in [0.717, 1.165) is 33.6 Å². The molecule has 2 nitrogen and oxygen atoms in total. The fraction of sp³-hybridized carbons (Fsp3) is 0. The summed E-state index contributed by atoms with van der Waals surface area (Å²) in [5, 5.41) is 0. The van der Waals surface area contributed by atoms with Gasteiger partial charge in [-0.3, -0.25) is 9.97 Å². The summed E-state index contributed by atoms with van der Waals surface area (Å²) in [5.41, 5.74) is 5.12. The summed E-state index contributed by atoms with van der Waals surface area (Å²) < 4.78 is 26.3. The molecule has 0 radical (unpaired) electrons. The molecular weight excluding hydrogens is 330 g/mol. The second-order valence-corrected chi connectivity index (χ2v) is 5.87. The number of halogens is 2. The molecule has 0 aliphatic carbocycles. The van der Waals surface area contributed by atoms with Crippen LogP contribution in [-0.4, -0.2) is 9.97 Å². The largest absolute Gasteiger partial charge is 0.255 e. The maximum absolute atomic E-state index is 13.1. The van der Waals surface area contributed by atoms with E-state index < -0.39 is 0 Å². The molecule has 0 atom stereocenters. The van der Waals surface area contributed by atoms with Crippen LogP contribution in [0.4, 0.5) is 8.78 Å². The van der Waals surface area contributed by atoms with Crippen molar-refractivity contribution in [3.8, 4) is 33.6 Å². The third-order valence-corrected chi connectivity index (χ3v) is 4.14. The Morgan fingerprint density at radius 3 is 1.23 bits per heavy atom. The van der Waals surface area contributed by atoms with Crippen molar-refractivity contribution in [1.82, 2.24) is 9.97 Å². The zero-order valence-electron chi connectivity index (χ0n) is 13.7. The van der Waals surface area contributed by atoms with Crippen LogP contribution < -0.4 is 0 Å². The highest BCUT2D eigenvalue weighted by molar-refractivity contribution is 5.72. The summed E-state index contributed by atoms with van der Waals surface area (Å²) in [6, 6.07) is 20.3. The van der Waals surface area contributed by atoms with Crippen molar-refractivity contribution in [2.75, 3.05) is 0 Å². The van der Waals surface area contributed by atoms with Gasteiger partial charge in [-0.05, 0) is 70.8 Å². The summed E-state index contributed by atoms with van der Waals surface area (Å²) in [7, 11) is 0. The van der Waals surface area contributed by atoms with Gasteiger partial charge in [0.25, 0.3) is 0 Å². The van der Waals surface area contributed by atoms with Crippen molar-refractivity contribution in [2.45, 2.75) is 0 Å². The van der Waals surface area contributed by atoms with Gasteiger partial charge in [0.15, 0.2) is 0 Å². The van der Waals surface area contributed by atoms with E-state index >= 15 is 0 Å². The number of pyridine rings is 2. The van der Waals surface area contributed by atoms with E-state index in [1.54, 1.807) is 36.7 Å². The summed E-state index contributed by atoms with van der Waals surface area (Å²) in [5.74, 6) is -0.534. The molecule has 4 heteroatoms. The Hall–Kier alpha value is -3.40. The number of rotatable bonds is 3. The highest BCUT2D eigenvalue weighted by Crippen LogP contribution is 2.27. The minimum absolute atomic E-state index is 0.267. The van der Waals surface area contributed by atoms with Crippen LogP contribution in [0.2, 0.25) is 0 Å². The van der Waals surface area contributed by atoms with Gasteiger partial charge in [-0.1, -0.05) is 24.3 Å². The maximum Gasteiger partial charge on any atom is 0.123 e. The first-order valence-electron chi connectivity index (χ1n) is 8.13. The molecule has 0 N–H and O–H groups in total. The Balaban J connectivity index is 1.72. The minimum Gasteiger partial charge on any atom is -0.255 e. The van der Waals surface area contributed by atoms with Crippen molar-refractivity contribution in [3.63, 3.8) is 0 Å². The normalized spacial score (nSPS) is 10.7. The highest BCUT2D eigenvalue weighted by Gasteiger charge is 2.07. The number of nitrogens with zero attached hydrogens (tertiary/aromatic N) is 2. The van der Waals surface area contributed by atoms with E-state index in [9.17, 15) is 8.78 Å². The van der Waals surface area contributed by atoms with E-state index in [1.807, 2.05) is 24.3 Å². The fourth-order valence-electron chi connectivity index (χ4n) is 2.79. The molecule has 0 amide bonds. The summed E-state index contributed by atoms with van der Waals surface area (Å²) >= 11 is 0. The van der Waals surface area contributed by atoms with Crippen LogP contribution in [0.15, 0.2) is 85.2 Å². The third-order valence-electron chi connectivity index (χ3n) is 4.14. The second kappa shape index (κ2) is 6.84. The van der Waals surface area contributed by atoms with Crippen LogP contribution in [0.25, 0.3) is 33.6 Å². The molecule has 0 saturated carbocycles. The summed E-state index contributed by atoms with van der Waals surface area (Å²) in [4.78, 5) is 8.81. The van der Waals surface area contributed by atoms with Crippen LogP contribution in [0, 0.1) is 11.6 Å². The molecule has 4 aromatic rings. The molecule has 0 bridgehead atoms. The maximum atomic E-state index is 13.1. The van der Waals surface area contributed by atoms with Gasteiger partial charge >= 0.3 is 0 Å². The van der Waals surface area contributed by atoms with E-state index in [2.05, 4.69) is 9.97 Å². The number of aromatic nitrogens is 2. The fourth-order valence-corrected chi connectivity index (χ4v) is 2.79. The smallest absolute Gasteiger partial charge is 0.123 e. The number of hydrogen-bond acceptors (Lipinski definition) is 2. The first-order valence-corrected chi connectivity index (χ1v) is 8.13. The molecule has 126 valence electrons. The first-order chi connectivity index (χ1) is 12.7. The van der Waals surface area contributed by atoms with Crippen molar-refractivity contribution in [2.24, 2.45) is 0 Å². The lowest BCUT2D eigenvalue weighted by Gasteiger charge is -2.07. The molecule has 26 heavy (non-hydrogen) atoms. The van der Waals surface area contributed by atoms with Crippen molar-refractivity contribution >= 4 is 0 Å². The van der Waals surface area contributed by atoms with Gasteiger partial charge in [0.2, 0.25) is 0 Å². The van der Waals surface area contributed by atoms with Crippen LogP contribution in [0.3, 0.4) is 0 Å². The Bertz CT molecular complexity index is 955.